The van der Waals surface area contributed by atoms with Crippen molar-refractivity contribution in [1.82, 2.24) is 4.98 Å². The smallest absolute Gasteiger partial charge is 0.101 e. The van der Waals surface area contributed by atoms with Gasteiger partial charge >= 0.3 is 0 Å². The highest BCUT2D eigenvalue weighted by Crippen LogP contribution is 2.54. The molecule has 2 heterocycles. The fourth-order valence-electron chi connectivity index (χ4n) is 7.05. The summed E-state index contributed by atoms with van der Waals surface area (Å²) in [4.78, 5) is 9.15. The number of aliphatic imine (C=N–C) groups is 1. The van der Waals surface area contributed by atoms with Crippen molar-refractivity contribution in [3.05, 3.63) is 152 Å². The molecule has 244 valence electrons. The number of pyridine rings is 1. The second kappa shape index (κ2) is 13.8. The van der Waals surface area contributed by atoms with Crippen molar-refractivity contribution in [2.45, 2.75) is 12.8 Å². The Labute approximate surface area is 309 Å². The molecule has 0 saturated carbocycles. The first kappa shape index (κ1) is 33.6. The molecule has 4 aromatic rings. The average molecular weight is 687 g/mol. The normalized spacial score (nSPS) is 15.4. The van der Waals surface area contributed by atoms with Crippen molar-refractivity contribution in [2.75, 3.05) is 0 Å². The zero-order valence-electron chi connectivity index (χ0n) is 28.0. The van der Waals surface area contributed by atoms with E-state index in [0.29, 0.717) is 68.8 Å². The second-order valence-corrected chi connectivity index (χ2v) is 12.2. The van der Waals surface area contributed by atoms with E-state index in [0.717, 1.165) is 0 Å². The Morgan fingerprint density at radius 1 is 0.537 bits per heavy atom. The van der Waals surface area contributed by atoms with E-state index in [9.17, 15) is 42.1 Å². The molecule has 3 aliphatic rings. The minimum absolute atomic E-state index is 0.0654. The summed E-state index contributed by atoms with van der Waals surface area (Å²) >= 11 is 0. The molecule has 0 unspecified atom stereocenters. The highest BCUT2D eigenvalue weighted by Gasteiger charge is 2.38. The summed E-state index contributed by atoms with van der Waals surface area (Å²) in [7, 11) is 0. The van der Waals surface area contributed by atoms with E-state index < -0.39 is 0 Å². The number of hydrogen-bond donors (Lipinski definition) is 0. The van der Waals surface area contributed by atoms with Gasteiger partial charge in [-0.2, -0.15) is 42.1 Å². The monoisotopic (exact) mass is 686 g/mol. The Balaban J connectivity index is 1.65. The Morgan fingerprint density at radius 2 is 1.04 bits per heavy atom. The number of hydrogen-bond acceptors (Lipinski definition) is 10. The number of nitrogens with zero attached hydrogens (tertiary/aromatic N) is 10. The summed E-state index contributed by atoms with van der Waals surface area (Å²) in [5.41, 5.74) is 5.80. The predicted octanol–water partition coefficient (Wildman–Crippen LogP) is 7.92. The lowest BCUT2D eigenvalue weighted by molar-refractivity contribution is 1.06. The lowest BCUT2D eigenvalue weighted by Gasteiger charge is -2.16. The molecule has 7 rings (SSSR count). The van der Waals surface area contributed by atoms with Crippen LogP contribution in [-0.2, 0) is 0 Å². The minimum Gasteiger partial charge on any atom is -0.261 e. The van der Waals surface area contributed by atoms with E-state index in [4.69, 9.17) is 0 Å². The number of allylic oxidation sites excluding steroid dienone is 9. The molecule has 0 amide bonds. The summed E-state index contributed by atoms with van der Waals surface area (Å²) in [5, 5.41) is 82.4. The van der Waals surface area contributed by atoms with E-state index >= 15 is 0 Å². The molecule has 2 aliphatic carbocycles. The average Bonchev–Trinajstić information content (AvgIpc) is 3.72. The van der Waals surface area contributed by atoms with Gasteiger partial charge in [-0.15, -0.1) is 0 Å². The molecule has 0 fully saturated rings. The van der Waals surface area contributed by atoms with Crippen LogP contribution in [0.3, 0.4) is 0 Å². The fourth-order valence-corrected chi connectivity index (χ4v) is 7.05. The first-order chi connectivity index (χ1) is 26.4. The van der Waals surface area contributed by atoms with Gasteiger partial charge < -0.3 is 0 Å². The molecule has 0 N–H and O–H groups in total. The Morgan fingerprint density at radius 3 is 1.46 bits per heavy atom. The van der Waals surface area contributed by atoms with Gasteiger partial charge in [-0.3, -0.25) is 9.98 Å². The zero-order valence-corrected chi connectivity index (χ0v) is 28.0. The van der Waals surface area contributed by atoms with Gasteiger partial charge in [0.1, 0.15) is 24.3 Å². The van der Waals surface area contributed by atoms with Gasteiger partial charge in [0.25, 0.3) is 0 Å². The van der Waals surface area contributed by atoms with Crippen LogP contribution in [0.1, 0.15) is 74.2 Å². The van der Waals surface area contributed by atoms with Crippen molar-refractivity contribution in [3.63, 3.8) is 0 Å². The number of nitriles is 8. The first-order valence-electron chi connectivity index (χ1n) is 16.3. The molecule has 3 aromatic carbocycles. The van der Waals surface area contributed by atoms with E-state index in [2.05, 4.69) is 34.3 Å². The molecular weight excluding hydrogens is 669 g/mol. The molecule has 1 aliphatic heterocycles. The summed E-state index contributed by atoms with van der Waals surface area (Å²) < 4.78 is 0. The number of fused-ring (bicyclic) bond motifs is 2. The molecular formula is C44H18N10. The van der Waals surface area contributed by atoms with Gasteiger partial charge in [-0.1, -0.05) is 12.1 Å². The SMILES string of the molecule is N#CC1=C(C2=NC=CCC2)/C(=C(/C#N)c2cc(C#N)cc(C#N)c2)c2cc3c(cc21)C(C#N)=C(c1ccccn1)/C3=C(/C#N)c1cc(C#N)cc(C#N)c1. The van der Waals surface area contributed by atoms with Crippen molar-refractivity contribution in [2.24, 2.45) is 4.99 Å². The highest BCUT2D eigenvalue weighted by atomic mass is 14.7. The largest absolute Gasteiger partial charge is 0.261 e. The predicted molar refractivity (Wildman–Crippen MR) is 198 cm³/mol. The van der Waals surface area contributed by atoms with Crippen LogP contribution in [0, 0.1) is 90.6 Å². The highest BCUT2D eigenvalue weighted by molar-refractivity contribution is 6.33. The van der Waals surface area contributed by atoms with Gasteiger partial charge in [0.05, 0.1) is 74.5 Å². The van der Waals surface area contributed by atoms with Gasteiger partial charge in [-0.25, -0.2) is 0 Å². The van der Waals surface area contributed by atoms with Crippen LogP contribution >= 0.6 is 0 Å². The zero-order chi connectivity index (χ0) is 37.9. The van der Waals surface area contributed by atoms with E-state index in [1.165, 1.54) is 36.4 Å². The quantitative estimate of drug-likeness (QED) is 0.190. The molecule has 10 heteroatoms. The molecule has 0 bridgehead atoms. The Kier molecular flexibility index (Phi) is 8.57. The van der Waals surface area contributed by atoms with Crippen molar-refractivity contribution >= 4 is 44.7 Å². The van der Waals surface area contributed by atoms with Gasteiger partial charge in [-0.05, 0) is 95.8 Å². The van der Waals surface area contributed by atoms with Crippen LogP contribution < -0.4 is 0 Å². The van der Waals surface area contributed by atoms with Crippen molar-refractivity contribution in [1.29, 1.82) is 42.1 Å². The summed E-state index contributed by atoms with van der Waals surface area (Å²) in [6.45, 7) is 0. The van der Waals surface area contributed by atoms with E-state index in [1.54, 1.807) is 42.7 Å². The maximum atomic E-state index is 10.9. The summed E-state index contributed by atoms with van der Waals surface area (Å²) in [6.07, 6.45) is 6.17. The molecule has 0 atom stereocenters. The van der Waals surface area contributed by atoms with E-state index in [1.807, 2.05) is 30.4 Å². The summed E-state index contributed by atoms with van der Waals surface area (Å²) in [5.74, 6) is 0. The summed E-state index contributed by atoms with van der Waals surface area (Å²) in [6, 6.07) is 34.8. The molecule has 0 spiro atoms. The third-order valence-electron chi connectivity index (χ3n) is 9.24. The second-order valence-electron chi connectivity index (χ2n) is 12.2. The number of rotatable bonds is 4. The molecule has 0 radical (unpaired) electrons. The van der Waals surface area contributed by atoms with Crippen LogP contribution in [-0.4, -0.2) is 10.7 Å². The van der Waals surface area contributed by atoms with Gasteiger partial charge in [0, 0.05) is 51.5 Å². The van der Waals surface area contributed by atoms with Gasteiger partial charge in [0.15, 0.2) is 0 Å². The minimum atomic E-state index is 0.0654. The Bertz CT molecular complexity index is 2880. The van der Waals surface area contributed by atoms with Crippen molar-refractivity contribution < 1.29 is 0 Å². The maximum Gasteiger partial charge on any atom is 0.101 e. The van der Waals surface area contributed by atoms with Crippen LogP contribution in [0.4, 0.5) is 0 Å². The van der Waals surface area contributed by atoms with Gasteiger partial charge in [0.2, 0.25) is 0 Å². The maximum absolute atomic E-state index is 10.9. The first-order valence-corrected chi connectivity index (χ1v) is 16.3. The molecule has 10 nitrogen and oxygen atoms in total. The van der Waals surface area contributed by atoms with Crippen LogP contribution in [0.15, 0.2) is 95.8 Å². The standard InChI is InChI=1S/C44H18N10/c45-17-25-9-26(18-46)12-29(11-25)35(21-49)41-33-16-34-32(15-31(33)37(23-51)43(41)39-5-1-3-7-53-39)38(24-52)44(40-6-2-4-8-54-40)42(34)36(22-50)30-13-27(19-47)10-28(14-30)20-48/h1,3-5,7-16H,2,6H2/b41-35-,42-36-. The van der Waals surface area contributed by atoms with Crippen LogP contribution in [0.5, 0.6) is 0 Å². The Hall–Kier alpha value is -8.90. The molecule has 54 heavy (non-hydrogen) atoms. The number of aromatic nitrogens is 1. The van der Waals surface area contributed by atoms with Crippen LogP contribution in [0.25, 0.3) is 39.0 Å². The third kappa shape index (κ3) is 5.39. The lowest BCUT2D eigenvalue weighted by Crippen LogP contribution is -2.07. The molecule has 0 saturated heterocycles. The third-order valence-corrected chi connectivity index (χ3v) is 9.24. The lowest BCUT2D eigenvalue weighted by atomic mass is 9.86. The fraction of sp³-hybridized carbons (Fsp3) is 0.0455. The van der Waals surface area contributed by atoms with E-state index in [-0.39, 0.29) is 55.7 Å². The van der Waals surface area contributed by atoms with Crippen molar-refractivity contribution in [3.8, 4) is 48.6 Å². The number of benzene rings is 3. The molecule has 1 aromatic heterocycles. The van der Waals surface area contributed by atoms with Crippen LogP contribution in [0.2, 0.25) is 0 Å². The topological polar surface area (TPSA) is 216 Å².